The summed E-state index contributed by atoms with van der Waals surface area (Å²) >= 11 is 0. The number of hydrogen-bond donors (Lipinski definition) is 4. The normalized spacial score (nSPS) is 15.8. The average molecular weight is 533 g/mol. The van der Waals surface area contributed by atoms with Gasteiger partial charge in [0.2, 0.25) is 17.7 Å². The molecule has 2 atom stereocenters. The Morgan fingerprint density at radius 3 is 2.11 bits per heavy atom. The second kappa shape index (κ2) is 20.4. The van der Waals surface area contributed by atoms with Crippen LogP contribution in [0, 0.1) is 0 Å². The summed E-state index contributed by atoms with van der Waals surface area (Å²) in [6.45, 7) is 2.46. The van der Waals surface area contributed by atoms with Gasteiger partial charge in [-0.3, -0.25) is 19.2 Å². The number of aldehydes is 1. The minimum atomic E-state index is -0.999. The van der Waals surface area contributed by atoms with Crippen LogP contribution in [-0.4, -0.2) is 132 Å². The summed E-state index contributed by atoms with van der Waals surface area (Å²) in [5.41, 5.74) is 0. The summed E-state index contributed by atoms with van der Waals surface area (Å²) in [5, 5.41) is 16.8. The molecule has 37 heavy (non-hydrogen) atoms. The van der Waals surface area contributed by atoms with Crippen LogP contribution in [0.5, 0.6) is 0 Å². The van der Waals surface area contributed by atoms with Crippen LogP contribution in [-0.2, 0) is 42.9 Å². The van der Waals surface area contributed by atoms with Crippen LogP contribution in [0.3, 0.4) is 0 Å². The van der Waals surface area contributed by atoms with Gasteiger partial charge >= 0.3 is 5.97 Å². The van der Waals surface area contributed by atoms with Crippen molar-refractivity contribution in [3.05, 3.63) is 0 Å². The number of nitrogens with one attached hydrogen (secondary N) is 3. The van der Waals surface area contributed by atoms with Crippen molar-refractivity contribution in [2.24, 2.45) is 0 Å². The maximum absolute atomic E-state index is 12.0. The molecule has 1 heterocycles. The largest absolute Gasteiger partial charge is 0.480 e. The fourth-order valence-corrected chi connectivity index (χ4v) is 3.42. The summed E-state index contributed by atoms with van der Waals surface area (Å²) in [7, 11) is 1.53. The number of ether oxygens (including phenoxy) is 4. The zero-order valence-corrected chi connectivity index (χ0v) is 21.4. The van der Waals surface area contributed by atoms with E-state index >= 15 is 0 Å². The number of likely N-dealkylation sites (N-methyl/N-ethyl adjacent to an activating group) is 1. The maximum Gasteiger partial charge on any atom is 0.320 e. The number of carbonyl (C=O) groups excluding carboxylic acids is 4. The highest BCUT2D eigenvalue weighted by atomic mass is 16.5. The molecule has 1 aliphatic heterocycles. The molecule has 1 saturated heterocycles. The quantitative estimate of drug-likeness (QED) is 0.0888. The second-order valence-corrected chi connectivity index (χ2v) is 8.18. The van der Waals surface area contributed by atoms with E-state index in [1.165, 1.54) is 11.9 Å². The maximum atomic E-state index is 12.0. The van der Waals surface area contributed by atoms with Gasteiger partial charge in [-0.15, -0.1) is 0 Å². The van der Waals surface area contributed by atoms with Crippen molar-refractivity contribution in [1.29, 1.82) is 0 Å². The fourth-order valence-electron chi connectivity index (χ4n) is 3.42. The molecular weight excluding hydrogens is 492 g/mol. The Bertz CT molecular complexity index is 709. The third-order valence-corrected chi connectivity index (χ3v) is 5.42. The molecule has 0 aliphatic carbocycles. The molecule has 0 bridgehead atoms. The molecule has 0 radical (unpaired) electrons. The van der Waals surface area contributed by atoms with E-state index in [1.807, 2.05) is 0 Å². The number of aliphatic carboxylic acids is 1. The highest BCUT2D eigenvalue weighted by molar-refractivity contribution is 5.81. The smallest absolute Gasteiger partial charge is 0.320 e. The first-order chi connectivity index (χ1) is 17.9. The lowest BCUT2D eigenvalue weighted by Gasteiger charge is -2.20. The molecule has 4 N–H and O–H groups in total. The van der Waals surface area contributed by atoms with Crippen molar-refractivity contribution in [2.45, 2.75) is 37.8 Å². The number of rotatable bonds is 22. The van der Waals surface area contributed by atoms with E-state index < -0.39 is 12.0 Å². The Morgan fingerprint density at radius 2 is 1.51 bits per heavy atom. The predicted molar refractivity (Wildman–Crippen MR) is 130 cm³/mol. The van der Waals surface area contributed by atoms with Crippen molar-refractivity contribution in [2.75, 3.05) is 79.5 Å². The van der Waals surface area contributed by atoms with E-state index in [0.717, 1.165) is 12.7 Å². The second-order valence-electron chi connectivity index (χ2n) is 8.18. The average Bonchev–Trinajstić information content (AvgIpc) is 3.36. The van der Waals surface area contributed by atoms with Crippen molar-refractivity contribution < 1.29 is 48.0 Å². The molecule has 0 aromatic carbocycles. The van der Waals surface area contributed by atoms with Gasteiger partial charge in [-0.05, 0) is 26.3 Å². The van der Waals surface area contributed by atoms with Gasteiger partial charge < -0.3 is 49.7 Å². The van der Waals surface area contributed by atoms with Gasteiger partial charge in [-0.1, -0.05) is 0 Å². The van der Waals surface area contributed by atoms with Gasteiger partial charge in [0.05, 0.1) is 45.7 Å². The third kappa shape index (κ3) is 15.3. The van der Waals surface area contributed by atoms with Crippen LogP contribution < -0.4 is 16.0 Å². The van der Waals surface area contributed by atoms with E-state index in [0.29, 0.717) is 19.5 Å². The zero-order valence-electron chi connectivity index (χ0n) is 21.4. The van der Waals surface area contributed by atoms with Crippen molar-refractivity contribution >= 4 is 30.0 Å². The summed E-state index contributed by atoms with van der Waals surface area (Å²) in [6.07, 6.45) is 2.60. The lowest BCUT2D eigenvalue weighted by molar-refractivity contribution is -0.140. The number of carboxylic acids is 1. The molecule has 0 spiro atoms. The Labute approximate surface area is 216 Å². The van der Waals surface area contributed by atoms with Crippen molar-refractivity contribution in [3.63, 3.8) is 0 Å². The SMILES string of the molecule is CNC(CCC(=O)NCCOCCOCC(=O)NCCOCCOCC(=O)N1CCCC1C=O)C(=O)O. The van der Waals surface area contributed by atoms with Gasteiger partial charge in [-0.25, -0.2) is 0 Å². The van der Waals surface area contributed by atoms with Crippen LogP contribution in [0.4, 0.5) is 0 Å². The van der Waals surface area contributed by atoms with Crippen LogP contribution in [0.25, 0.3) is 0 Å². The van der Waals surface area contributed by atoms with Crippen molar-refractivity contribution in [1.82, 2.24) is 20.9 Å². The standard InChI is InChI=1S/C23H40N4O10/c1-24-19(23(32)33)4-5-20(29)25-6-9-34-11-13-36-16-21(30)26-7-10-35-12-14-37-17-22(31)27-8-2-3-18(27)15-28/h15,18-19,24H,2-14,16-17H2,1H3,(H,25,29)(H,26,30)(H,32,33). The monoisotopic (exact) mass is 532 g/mol. The Balaban J connectivity index is 1.86. The highest BCUT2D eigenvalue weighted by Gasteiger charge is 2.27. The topological polar surface area (TPSA) is 182 Å². The predicted octanol–water partition coefficient (Wildman–Crippen LogP) is -2.07. The number of hydrogen-bond acceptors (Lipinski definition) is 10. The molecule has 212 valence electrons. The number of carbonyl (C=O) groups is 5. The number of carboxylic acid groups (broad SMARTS) is 1. The molecule has 0 aromatic rings. The van der Waals surface area contributed by atoms with Gasteiger partial charge in [0.15, 0.2) is 0 Å². The molecule has 14 heteroatoms. The fraction of sp³-hybridized carbons (Fsp3) is 0.783. The molecule has 1 fully saturated rings. The highest BCUT2D eigenvalue weighted by Crippen LogP contribution is 2.15. The van der Waals surface area contributed by atoms with E-state index in [9.17, 15) is 24.0 Å². The molecule has 0 aromatic heterocycles. The van der Waals surface area contributed by atoms with Crippen LogP contribution in [0.15, 0.2) is 0 Å². The third-order valence-electron chi connectivity index (χ3n) is 5.42. The first-order valence-electron chi connectivity index (χ1n) is 12.4. The molecule has 14 nitrogen and oxygen atoms in total. The minimum absolute atomic E-state index is 0.0912. The first-order valence-corrected chi connectivity index (χ1v) is 12.4. The summed E-state index contributed by atoms with van der Waals surface area (Å²) in [5.74, 6) is -1.75. The van der Waals surface area contributed by atoms with Gasteiger partial charge in [-0.2, -0.15) is 0 Å². The van der Waals surface area contributed by atoms with E-state index in [1.54, 1.807) is 0 Å². The van der Waals surface area contributed by atoms with E-state index in [2.05, 4.69) is 16.0 Å². The van der Waals surface area contributed by atoms with Gasteiger partial charge in [0, 0.05) is 26.1 Å². The molecule has 1 aliphatic rings. The molecule has 2 unspecified atom stereocenters. The molecule has 3 amide bonds. The minimum Gasteiger partial charge on any atom is -0.480 e. The summed E-state index contributed by atoms with van der Waals surface area (Å²) < 4.78 is 21.1. The molecule has 1 rings (SSSR count). The number of likely N-dealkylation sites (tertiary alicyclic amines) is 1. The number of nitrogens with zero attached hydrogens (tertiary/aromatic N) is 1. The van der Waals surface area contributed by atoms with Crippen LogP contribution >= 0.6 is 0 Å². The lowest BCUT2D eigenvalue weighted by Crippen LogP contribution is -2.38. The Hall–Kier alpha value is -2.65. The summed E-state index contributed by atoms with van der Waals surface area (Å²) in [6, 6.07) is -1.10. The van der Waals surface area contributed by atoms with Gasteiger partial charge in [0.1, 0.15) is 25.5 Å². The first kappa shape index (κ1) is 32.4. The van der Waals surface area contributed by atoms with Crippen LogP contribution in [0.1, 0.15) is 25.7 Å². The zero-order chi connectivity index (χ0) is 27.3. The Morgan fingerprint density at radius 1 is 0.919 bits per heavy atom. The van der Waals surface area contributed by atoms with E-state index in [-0.39, 0.29) is 96.0 Å². The Kier molecular flexibility index (Phi) is 17.9. The van der Waals surface area contributed by atoms with Crippen molar-refractivity contribution in [3.8, 4) is 0 Å². The molecular formula is C23H40N4O10. The summed E-state index contributed by atoms with van der Waals surface area (Å²) in [4.78, 5) is 58.7. The number of amides is 3. The molecule has 0 saturated carbocycles. The van der Waals surface area contributed by atoms with E-state index in [4.69, 9.17) is 24.1 Å². The van der Waals surface area contributed by atoms with Crippen LogP contribution in [0.2, 0.25) is 0 Å². The lowest BCUT2D eigenvalue weighted by atomic mass is 10.1. The van der Waals surface area contributed by atoms with Gasteiger partial charge in [0.25, 0.3) is 0 Å².